The first-order chi connectivity index (χ1) is 8.07. The molecule has 1 aliphatic rings. The highest BCUT2D eigenvalue weighted by atomic mass is 16.1. The van der Waals surface area contributed by atoms with Crippen LogP contribution < -0.4 is 10.6 Å². The van der Waals surface area contributed by atoms with Crippen molar-refractivity contribution in [2.75, 3.05) is 11.9 Å². The molecule has 0 aliphatic heterocycles. The minimum atomic E-state index is 0.0312. The average Bonchev–Trinajstić information content (AvgIpc) is 2.24. The third-order valence-corrected chi connectivity index (χ3v) is 3.43. The van der Waals surface area contributed by atoms with Gasteiger partial charge in [0.15, 0.2) is 0 Å². The van der Waals surface area contributed by atoms with E-state index in [0.29, 0.717) is 6.54 Å². The smallest absolute Gasteiger partial charge is 0.238 e. The Labute approximate surface area is 103 Å². The van der Waals surface area contributed by atoms with E-state index in [2.05, 4.69) is 17.6 Å². The van der Waals surface area contributed by atoms with Crippen LogP contribution in [0, 0.1) is 6.92 Å². The summed E-state index contributed by atoms with van der Waals surface area (Å²) in [4.78, 5) is 11.7. The summed E-state index contributed by atoms with van der Waals surface area (Å²) >= 11 is 0. The Hall–Kier alpha value is -1.35. The van der Waals surface area contributed by atoms with E-state index < -0.39 is 0 Å². The van der Waals surface area contributed by atoms with E-state index >= 15 is 0 Å². The fraction of sp³-hybridized carbons (Fsp3) is 0.500. The molecule has 1 saturated carbocycles. The Bertz CT molecular complexity index is 410. The Balaban J connectivity index is 1.81. The van der Waals surface area contributed by atoms with Gasteiger partial charge in [0, 0.05) is 11.2 Å². The molecule has 0 atom stereocenters. The first-order valence-corrected chi connectivity index (χ1v) is 6.19. The highest BCUT2D eigenvalue weighted by Gasteiger charge is 2.31. The van der Waals surface area contributed by atoms with Crippen LogP contribution >= 0.6 is 0 Å². The predicted octanol–water partition coefficient (Wildman–Crippen LogP) is 2.47. The second kappa shape index (κ2) is 4.88. The fourth-order valence-corrected chi connectivity index (χ4v) is 2.11. The number of aryl methyl sites for hydroxylation is 1. The van der Waals surface area contributed by atoms with Gasteiger partial charge in [0.1, 0.15) is 0 Å². The van der Waals surface area contributed by atoms with Gasteiger partial charge < -0.3 is 10.6 Å². The maximum Gasteiger partial charge on any atom is 0.238 e. The summed E-state index contributed by atoms with van der Waals surface area (Å²) in [7, 11) is 0. The molecule has 1 aliphatic carbocycles. The fourth-order valence-electron chi connectivity index (χ4n) is 2.11. The number of hydrogen-bond acceptors (Lipinski definition) is 2. The summed E-state index contributed by atoms with van der Waals surface area (Å²) in [6.45, 7) is 4.59. The van der Waals surface area contributed by atoms with Gasteiger partial charge >= 0.3 is 0 Å². The summed E-state index contributed by atoms with van der Waals surface area (Å²) in [5, 5.41) is 6.22. The molecule has 17 heavy (non-hydrogen) atoms. The number of carbonyl (C=O) groups is 1. The molecule has 2 rings (SSSR count). The van der Waals surface area contributed by atoms with E-state index in [0.717, 1.165) is 11.3 Å². The molecule has 0 spiro atoms. The van der Waals surface area contributed by atoms with Gasteiger partial charge in [-0.05, 0) is 50.8 Å². The maximum absolute atomic E-state index is 11.7. The number of benzene rings is 1. The van der Waals surface area contributed by atoms with E-state index in [1.807, 2.05) is 31.2 Å². The molecule has 1 aromatic rings. The van der Waals surface area contributed by atoms with Crippen molar-refractivity contribution in [1.29, 1.82) is 0 Å². The highest BCUT2D eigenvalue weighted by Crippen LogP contribution is 2.30. The summed E-state index contributed by atoms with van der Waals surface area (Å²) in [6.07, 6.45) is 3.61. The summed E-state index contributed by atoms with van der Waals surface area (Å²) in [5.41, 5.74) is 2.21. The summed E-state index contributed by atoms with van der Waals surface area (Å²) in [5.74, 6) is 0.0312. The molecular weight excluding hydrogens is 212 g/mol. The van der Waals surface area contributed by atoms with Crippen molar-refractivity contribution >= 4 is 11.6 Å². The lowest BCUT2D eigenvalue weighted by molar-refractivity contribution is -0.115. The van der Waals surface area contributed by atoms with E-state index in [1.54, 1.807) is 0 Å². The number of nitrogens with one attached hydrogen (secondary N) is 2. The van der Waals surface area contributed by atoms with Gasteiger partial charge in [-0.15, -0.1) is 0 Å². The molecule has 3 nitrogen and oxygen atoms in total. The minimum absolute atomic E-state index is 0.0312. The molecule has 0 radical (unpaired) electrons. The van der Waals surface area contributed by atoms with Gasteiger partial charge in [0.2, 0.25) is 5.91 Å². The van der Waals surface area contributed by atoms with Gasteiger partial charge in [0.25, 0.3) is 0 Å². The van der Waals surface area contributed by atoms with Crippen molar-refractivity contribution in [3.8, 4) is 0 Å². The summed E-state index contributed by atoms with van der Waals surface area (Å²) in [6, 6.07) is 7.86. The largest absolute Gasteiger partial charge is 0.325 e. The molecule has 92 valence electrons. The highest BCUT2D eigenvalue weighted by molar-refractivity contribution is 5.92. The minimum Gasteiger partial charge on any atom is -0.325 e. The molecule has 0 heterocycles. The van der Waals surface area contributed by atoms with Gasteiger partial charge in [-0.1, -0.05) is 12.1 Å². The Morgan fingerprint density at radius 3 is 2.76 bits per heavy atom. The zero-order chi connectivity index (χ0) is 12.3. The van der Waals surface area contributed by atoms with Crippen molar-refractivity contribution in [3.05, 3.63) is 29.8 Å². The van der Waals surface area contributed by atoms with Crippen LogP contribution in [0.1, 0.15) is 31.7 Å². The van der Waals surface area contributed by atoms with Crippen molar-refractivity contribution in [3.63, 3.8) is 0 Å². The second-order valence-corrected chi connectivity index (χ2v) is 5.19. The number of carbonyl (C=O) groups excluding carboxylic acids is 1. The normalized spacial score (nSPS) is 17.3. The van der Waals surface area contributed by atoms with Crippen LogP contribution in [-0.4, -0.2) is 18.0 Å². The molecule has 1 fully saturated rings. The topological polar surface area (TPSA) is 41.1 Å². The van der Waals surface area contributed by atoms with E-state index in [9.17, 15) is 4.79 Å². The van der Waals surface area contributed by atoms with Crippen molar-refractivity contribution in [2.45, 2.75) is 38.6 Å². The van der Waals surface area contributed by atoms with E-state index in [1.165, 1.54) is 19.3 Å². The third-order valence-electron chi connectivity index (χ3n) is 3.43. The van der Waals surface area contributed by atoms with Gasteiger partial charge in [-0.25, -0.2) is 0 Å². The van der Waals surface area contributed by atoms with Crippen LogP contribution in [0.4, 0.5) is 5.69 Å². The molecule has 0 unspecified atom stereocenters. The maximum atomic E-state index is 11.7. The van der Waals surface area contributed by atoms with Gasteiger partial charge in [-0.2, -0.15) is 0 Å². The molecular formula is C14H20N2O. The second-order valence-electron chi connectivity index (χ2n) is 5.19. The standard InChI is InChI=1S/C14H20N2O/c1-11-5-3-6-12(9-11)16-13(17)10-15-14(2)7-4-8-14/h3,5-6,9,15H,4,7-8,10H2,1-2H3,(H,16,17). The molecule has 1 amide bonds. The Morgan fingerprint density at radius 2 is 2.18 bits per heavy atom. The molecule has 3 heteroatoms. The monoisotopic (exact) mass is 232 g/mol. The van der Waals surface area contributed by atoms with Crippen LogP contribution in [0.3, 0.4) is 0 Å². The lowest BCUT2D eigenvalue weighted by Crippen LogP contribution is -2.50. The van der Waals surface area contributed by atoms with Crippen LogP contribution in [0.5, 0.6) is 0 Å². The summed E-state index contributed by atoms with van der Waals surface area (Å²) < 4.78 is 0. The molecule has 0 aromatic heterocycles. The first-order valence-electron chi connectivity index (χ1n) is 6.19. The van der Waals surface area contributed by atoms with Crippen LogP contribution in [0.15, 0.2) is 24.3 Å². The zero-order valence-electron chi connectivity index (χ0n) is 10.5. The lowest BCUT2D eigenvalue weighted by Gasteiger charge is -2.39. The van der Waals surface area contributed by atoms with Crippen molar-refractivity contribution in [2.24, 2.45) is 0 Å². The van der Waals surface area contributed by atoms with E-state index in [-0.39, 0.29) is 11.4 Å². The van der Waals surface area contributed by atoms with Crippen LogP contribution in [-0.2, 0) is 4.79 Å². The van der Waals surface area contributed by atoms with Crippen LogP contribution in [0.2, 0.25) is 0 Å². The lowest BCUT2D eigenvalue weighted by atomic mass is 9.78. The molecule has 0 saturated heterocycles. The van der Waals surface area contributed by atoms with Crippen molar-refractivity contribution in [1.82, 2.24) is 5.32 Å². The van der Waals surface area contributed by atoms with Gasteiger partial charge in [0.05, 0.1) is 6.54 Å². The van der Waals surface area contributed by atoms with Crippen LogP contribution in [0.25, 0.3) is 0 Å². The Kier molecular flexibility index (Phi) is 3.48. The number of amides is 1. The average molecular weight is 232 g/mol. The number of anilines is 1. The SMILES string of the molecule is Cc1cccc(NC(=O)CNC2(C)CCC2)c1. The predicted molar refractivity (Wildman–Crippen MR) is 70.1 cm³/mol. The van der Waals surface area contributed by atoms with Crippen molar-refractivity contribution < 1.29 is 4.79 Å². The quantitative estimate of drug-likeness (QED) is 0.837. The third kappa shape index (κ3) is 3.30. The molecule has 2 N–H and O–H groups in total. The Morgan fingerprint density at radius 1 is 1.41 bits per heavy atom. The number of hydrogen-bond donors (Lipinski definition) is 2. The molecule has 0 bridgehead atoms. The number of rotatable bonds is 4. The van der Waals surface area contributed by atoms with E-state index in [4.69, 9.17) is 0 Å². The first kappa shape index (κ1) is 12.1. The zero-order valence-corrected chi connectivity index (χ0v) is 10.5. The molecule has 1 aromatic carbocycles. The van der Waals surface area contributed by atoms with Gasteiger partial charge in [-0.3, -0.25) is 4.79 Å².